The number of aromatic amines is 1. The minimum atomic E-state index is 0.344. The average Bonchev–Trinajstić information content (AvgIpc) is 2.37. The number of nitrogens with zero attached hydrogens (tertiary/aromatic N) is 1. The lowest BCUT2D eigenvalue weighted by molar-refractivity contribution is -0.00724. The van der Waals surface area contributed by atoms with Gasteiger partial charge in [0.2, 0.25) is 0 Å². The van der Waals surface area contributed by atoms with Crippen LogP contribution < -0.4 is 0 Å². The third-order valence-corrected chi connectivity index (χ3v) is 5.96. The number of H-pyrrole nitrogens is 1. The van der Waals surface area contributed by atoms with Gasteiger partial charge in [-0.1, -0.05) is 12.2 Å². The maximum atomic E-state index is 9.01. The predicted octanol–water partition coefficient (Wildman–Crippen LogP) is 4.08. The number of nitriles is 1. The quantitative estimate of drug-likeness (QED) is 0.781. The van der Waals surface area contributed by atoms with Gasteiger partial charge in [0, 0.05) is 11.1 Å². The van der Waals surface area contributed by atoms with Gasteiger partial charge >= 0.3 is 0 Å². The second kappa shape index (κ2) is 3.93. The molecule has 5 rings (SSSR count). The molecular formula is C16H18N2S. The number of rotatable bonds is 1. The van der Waals surface area contributed by atoms with E-state index in [0.29, 0.717) is 15.6 Å². The van der Waals surface area contributed by atoms with E-state index >= 15 is 0 Å². The highest BCUT2D eigenvalue weighted by molar-refractivity contribution is 7.71. The lowest BCUT2D eigenvalue weighted by atomic mass is 9.49. The average molecular weight is 270 g/mol. The number of nitrogens with one attached hydrogen (secondary N) is 1. The van der Waals surface area contributed by atoms with Crippen LogP contribution in [0.25, 0.3) is 0 Å². The molecule has 0 aliphatic heterocycles. The molecule has 1 aromatic heterocycles. The van der Waals surface area contributed by atoms with E-state index in [1.165, 1.54) is 44.2 Å². The molecule has 0 atom stereocenters. The van der Waals surface area contributed by atoms with E-state index in [2.05, 4.69) is 17.1 Å². The maximum Gasteiger partial charge on any atom is 0.121 e. The predicted molar refractivity (Wildman–Crippen MR) is 76.2 cm³/mol. The first kappa shape index (κ1) is 11.7. The molecule has 0 spiro atoms. The van der Waals surface area contributed by atoms with Gasteiger partial charge in [0.1, 0.15) is 10.7 Å². The van der Waals surface area contributed by atoms with Crippen LogP contribution in [0, 0.1) is 33.7 Å². The Bertz CT molecular complexity index is 587. The van der Waals surface area contributed by atoms with Crippen LogP contribution in [0.4, 0.5) is 0 Å². The fourth-order valence-corrected chi connectivity index (χ4v) is 5.54. The maximum absolute atomic E-state index is 9.01. The monoisotopic (exact) mass is 270 g/mol. The molecule has 4 saturated carbocycles. The van der Waals surface area contributed by atoms with Gasteiger partial charge < -0.3 is 4.98 Å². The normalized spacial score (nSPS) is 39.2. The molecule has 0 saturated heterocycles. The van der Waals surface area contributed by atoms with Gasteiger partial charge in [-0.15, -0.1) is 0 Å². The molecule has 2 nitrogen and oxygen atoms in total. The van der Waals surface area contributed by atoms with Crippen molar-refractivity contribution in [2.45, 2.75) is 43.9 Å². The molecule has 19 heavy (non-hydrogen) atoms. The topological polar surface area (TPSA) is 39.6 Å². The van der Waals surface area contributed by atoms with Crippen LogP contribution in [0.1, 0.15) is 49.8 Å². The molecule has 1 N–H and O–H groups in total. The van der Waals surface area contributed by atoms with Crippen molar-refractivity contribution in [1.82, 2.24) is 4.98 Å². The Morgan fingerprint density at radius 3 is 2.16 bits per heavy atom. The minimum absolute atomic E-state index is 0.344. The number of pyridine rings is 1. The van der Waals surface area contributed by atoms with Crippen molar-refractivity contribution in [2.24, 2.45) is 17.8 Å². The van der Waals surface area contributed by atoms with Crippen LogP contribution in [0.15, 0.2) is 12.1 Å². The molecule has 98 valence electrons. The summed E-state index contributed by atoms with van der Waals surface area (Å²) in [6.45, 7) is 0. The van der Waals surface area contributed by atoms with Crippen LogP contribution >= 0.6 is 12.2 Å². The zero-order valence-electron chi connectivity index (χ0n) is 11.0. The van der Waals surface area contributed by atoms with Crippen molar-refractivity contribution in [3.8, 4) is 6.07 Å². The van der Waals surface area contributed by atoms with Crippen molar-refractivity contribution in [3.63, 3.8) is 0 Å². The zero-order chi connectivity index (χ0) is 13.0. The molecule has 1 heterocycles. The highest BCUT2D eigenvalue weighted by Gasteiger charge is 2.51. The van der Waals surface area contributed by atoms with Crippen LogP contribution in [-0.2, 0) is 5.41 Å². The molecule has 1 aromatic rings. The first-order valence-electron chi connectivity index (χ1n) is 7.32. The Labute approximate surface area is 118 Å². The van der Waals surface area contributed by atoms with Crippen molar-refractivity contribution >= 4 is 12.2 Å². The van der Waals surface area contributed by atoms with E-state index in [9.17, 15) is 0 Å². The molecule has 3 heteroatoms. The van der Waals surface area contributed by atoms with Crippen molar-refractivity contribution in [2.75, 3.05) is 0 Å². The number of hydrogen-bond acceptors (Lipinski definition) is 2. The third kappa shape index (κ3) is 1.70. The molecule has 4 aliphatic carbocycles. The van der Waals surface area contributed by atoms with E-state index in [4.69, 9.17) is 17.5 Å². The molecule has 4 bridgehead atoms. The van der Waals surface area contributed by atoms with Gasteiger partial charge in [-0.25, -0.2) is 0 Å². The van der Waals surface area contributed by atoms with Gasteiger partial charge in [0.15, 0.2) is 0 Å². The van der Waals surface area contributed by atoms with Gasteiger partial charge in [0.25, 0.3) is 0 Å². The summed E-state index contributed by atoms with van der Waals surface area (Å²) in [5.74, 6) is 2.80. The SMILES string of the molecule is N#Cc1ccc(C23CC4CC(CC(C4)C2)C3)[nH]c1=S. The Balaban J connectivity index is 1.78. The van der Waals surface area contributed by atoms with Crippen molar-refractivity contribution in [1.29, 1.82) is 5.26 Å². The van der Waals surface area contributed by atoms with Crippen molar-refractivity contribution in [3.05, 3.63) is 28.0 Å². The van der Waals surface area contributed by atoms with Crippen LogP contribution in [0.5, 0.6) is 0 Å². The Morgan fingerprint density at radius 2 is 1.68 bits per heavy atom. The van der Waals surface area contributed by atoms with Gasteiger partial charge in [-0.2, -0.15) is 5.26 Å². The first-order chi connectivity index (χ1) is 9.18. The van der Waals surface area contributed by atoms with E-state index in [-0.39, 0.29) is 0 Å². The molecular weight excluding hydrogens is 252 g/mol. The van der Waals surface area contributed by atoms with E-state index < -0.39 is 0 Å². The van der Waals surface area contributed by atoms with Crippen LogP contribution in [0.2, 0.25) is 0 Å². The van der Waals surface area contributed by atoms with E-state index in [0.717, 1.165) is 17.8 Å². The fraction of sp³-hybridized carbons (Fsp3) is 0.625. The number of hydrogen-bond donors (Lipinski definition) is 1. The molecule has 0 unspecified atom stereocenters. The molecule has 4 aliphatic rings. The van der Waals surface area contributed by atoms with Gasteiger partial charge in [-0.3, -0.25) is 0 Å². The lowest BCUT2D eigenvalue weighted by Gasteiger charge is -2.56. The summed E-state index contributed by atoms with van der Waals surface area (Å²) in [6.07, 6.45) is 8.35. The minimum Gasteiger partial charge on any atom is -0.348 e. The third-order valence-electron chi connectivity index (χ3n) is 5.64. The summed E-state index contributed by atoms with van der Waals surface area (Å²) in [5.41, 5.74) is 2.25. The van der Waals surface area contributed by atoms with Crippen LogP contribution in [-0.4, -0.2) is 4.98 Å². The zero-order valence-corrected chi connectivity index (χ0v) is 11.8. The largest absolute Gasteiger partial charge is 0.348 e. The Morgan fingerprint density at radius 1 is 1.11 bits per heavy atom. The number of aromatic nitrogens is 1. The molecule has 0 amide bonds. The van der Waals surface area contributed by atoms with Gasteiger partial charge in [0.05, 0.1) is 5.56 Å². The van der Waals surface area contributed by atoms with Crippen LogP contribution in [0.3, 0.4) is 0 Å². The van der Waals surface area contributed by atoms with E-state index in [1.54, 1.807) is 0 Å². The first-order valence-corrected chi connectivity index (χ1v) is 7.73. The molecule has 4 fully saturated rings. The second-order valence-electron chi connectivity index (χ2n) is 6.92. The highest BCUT2D eigenvalue weighted by Crippen LogP contribution is 2.60. The smallest absolute Gasteiger partial charge is 0.121 e. The molecule has 0 radical (unpaired) electrons. The summed E-state index contributed by atoms with van der Waals surface area (Å²) < 4.78 is 0.621. The standard InChI is InChI=1S/C16H18N2S/c17-9-13-1-2-14(18-15(13)19)16-6-10-3-11(7-16)5-12(4-10)8-16/h1-2,10-12H,3-8H2,(H,18,19). The Kier molecular flexibility index (Phi) is 2.41. The summed E-state index contributed by atoms with van der Waals surface area (Å²) in [7, 11) is 0. The summed E-state index contributed by atoms with van der Waals surface area (Å²) >= 11 is 5.32. The summed E-state index contributed by atoms with van der Waals surface area (Å²) in [5, 5.41) is 9.01. The van der Waals surface area contributed by atoms with E-state index in [1.807, 2.05) is 6.07 Å². The Hall–Kier alpha value is -1.14. The van der Waals surface area contributed by atoms with Gasteiger partial charge in [-0.05, 0) is 68.4 Å². The highest BCUT2D eigenvalue weighted by atomic mass is 32.1. The second-order valence-corrected chi connectivity index (χ2v) is 7.33. The van der Waals surface area contributed by atoms with Crippen molar-refractivity contribution < 1.29 is 0 Å². The lowest BCUT2D eigenvalue weighted by Crippen LogP contribution is -2.48. The fourth-order valence-electron chi connectivity index (χ4n) is 5.31. The summed E-state index contributed by atoms with van der Waals surface area (Å²) in [4.78, 5) is 3.38. The summed E-state index contributed by atoms with van der Waals surface area (Å²) in [6, 6.07) is 6.20. The molecule has 0 aromatic carbocycles.